The molecule has 1 aromatic rings. The van der Waals surface area contributed by atoms with E-state index in [-0.39, 0.29) is 17.6 Å². The smallest absolute Gasteiger partial charge is 0.169 e. The van der Waals surface area contributed by atoms with Gasteiger partial charge in [-0.25, -0.2) is 10.0 Å². The summed E-state index contributed by atoms with van der Waals surface area (Å²) in [6.07, 6.45) is 0. The van der Waals surface area contributed by atoms with Gasteiger partial charge in [0.15, 0.2) is 5.84 Å². The van der Waals surface area contributed by atoms with Crippen molar-refractivity contribution in [3.63, 3.8) is 0 Å². The van der Waals surface area contributed by atoms with Gasteiger partial charge < -0.3 is 15.7 Å². The van der Waals surface area contributed by atoms with E-state index in [1.807, 2.05) is 32.8 Å². The number of amidine groups is 1. The van der Waals surface area contributed by atoms with Gasteiger partial charge in [0, 0.05) is 18.7 Å². The summed E-state index contributed by atoms with van der Waals surface area (Å²) in [5, 5.41) is 24.2. The molecule has 1 heterocycles. The van der Waals surface area contributed by atoms with Crippen LogP contribution < -0.4 is 5.73 Å². The molecule has 0 unspecified atom stereocenters. The van der Waals surface area contributed by atoms with Crippen LogP contribution in [0.3, 0.4) is 0 Å². The van der Waals surface area contributed by atoms with Crippen molar-refractivity contribution in [2.45, 2.75) is 26.8 Å². The topological polar surface area (TPSA) is 101 Å². The lowest BCUT2D eigenvalue weighted by molar-refractivity contribution is 0.373. The molecule has 1 aliphatic heterocycles. The number of aromatic hydroxyl groups is 1. The minimum absolute atomic E-state index is 0.0752. The monoisotopic (exact) mass is 316 g/mol. The molecule has 0 bridgehead atoms. The van der Waals surface area contributed by atoms with E-state index in [1.165, 1.54) is 6.07 Å². The number of hydrogen-bond acceptors (Lipinski definition) is 6. The first-order valence-electron chi connectivity index (χ1n) is 7.49. The fourth-order valence-electron chi connectivity index (χ4n) is 2.28. The Morgan fingerprint density at radius 1 is 1.39 bits per heavy atom. The van der Waals surface area contributed by atoms with Crippen LogP contribution >= 0.6 is 0 Å². The Kier molecular flexibility index (Phi) is 4.70. The molecule has 0 radical (unpaired) electrons. The van der Waals surface area contributed by atoms with Gasteiger partial charge in [0.05, 0.1) is 11.4 Å². The molecule has 0 aromatic heterocycles. The summed E-state index contributed by atoms with van der Waals surface area (Å²) in [5.41, 5.74) is 8.81. The highest BCUT2D eigenvalue weighted by Gasteiger charge is 2.30. The molecule has 0 atom stereocenters. The third kappa shape index (κ3) is 3.50. The van der Waals surface area contributed by atoms with E-state index in [2.05, 4.69) is 10.1 Å². The molecule has 0 saturated carbocycles. The van der Waals surface area contributed by atoms with Crippen LogP contribution in [0.5, 0.6) is 5.75 Å². The van der Waals surface area contributed by atoms with Gasteiger partial charge in [-0.2, -0.15) is 5.10 Å². The average Bonchev–Trinajstić information content (AvgIpc) is 2.73. The van der Waals surface area contributed by atoms with E-state index in [0.29, 0.717) is 29.2 Å². The Labute approximate surface area is 136 Å². The van der Waals surface area contributed by atoms with Crippen molar-refractivity contribution in [3.05, 3.63) is 17.7 Å². The SMILES string of the molecule is Cc1cc(N=C2C(=N)N(C(C)C)N=C2CN(C)C)c(N)cc1O. The molecule has 1 aromatic carbocycles. The van der Waals surface area contributed by atoms with Crippen molar-refractivity contribution >= 4 is 28.6 Å². The summed E-state index contributed by atoms with van der Waals surface area (Å²) in [6.45, 7) is 6.33. The number of hydrazone groups is 1. The highest BCUT2D eigenvalue weighted by Crippen LogP contribution is 2.30. The standard InChI is InChI=1S/C16H24N6O/c1-9(2)22-16(18)15(13(20-22)8-21(4)5)19-12-6-10(3)14(23)7-11(12)17/h6-7,9,18,23H,8,17H2,1-5H3. The summed E-state index contributed by atoms with van der Waals surface area (Å²) in [7, 11) is 3.89. The van der Waals surface area contributed by atoms with Crippen molar-refractivity contribution in [3.8, 4) is 5.75 Å². The second-order valence-electron chi connectivity index (χ2n) is 6.23. The van der Waals surface area contributed by atoms with Gasteiger partial charge in [-0.15, -0.1) is 0 Å². The Balaban J connectivity index is 2.48. The molecule has 0 amide bonds. The van der Waals surface area contributed by atoms with E-state index < -0.39 is 0 Å². The van der Waals surface area contributed by atoms with Crippen LogP contribution in [0, 0.1) is 12.3 Å². The number of benzene rings is 1. The maximum atomic E-state index is 9.71. The van der Waals surface area contributed by atoms with Gasteiger partial charge in [-0.1, -0.05) is 0 Å². The number of nitrogens with zero attached hydrogens (tertiary/aromatic N) is 4. The summed E-state index contributed by atoms with van der Waals surface area (Å²) in [4.78, 5) is 6.55. The number of phenolic OH excluding ortho intramolecular Hbond substituents is 1. The zero-order valence-electron chi connectivity index (χ0n) is 14.3. The Morgan fingerprint density at radius 2 is 2.04 bits per heavy atom. The lowest BCUT2D eigenvalue weighted by Gasteiger charge is -2.17. The lowest BCUT2D eigenvalue weighted by Crippen LogP contribution is -2.33. The number of nitrogen functional groups attached to an aromatic ring is 1. The molecule has 2 rings (SSSR count). The zero-order valence-corrected chi connectivity index (χ0v) is 14.3. The van der Waals surface area contributed by atoms with Crippen molar-refractivity contribution in [1.29, 1.82) is 5.41 Å². The summed E-state index contributed by atoms with van der Waals surface area (Å²) < 4.78 is 0. The maximum Gasteiger partial charge on any atom is 0.169 e. The number of hydrogen-bond donors (Lipinski definition) is 3. The highest BCUT2D eigenvalue weighted by atomic mass is 16.3. The molecule has 4 N–H and O–H groups in total. The van der Waals surface area contributed by atoms with Gasteiger partial charge in [0.25, 0.3) is 0 Å². The summed E-state index contributed by atoms with van der Waals surface area (Å²) in [6, 6.07) is 3.28. The molecule has 7 nitrogen and oxygen atoms in total. The molecular weight excluding hydrogens is 292 g/mol. The van der Waals surface area contributed by atoms with E-state index in [0.717, 1.165) is 5.71 Å². The van der Waals surface area contributed by atoms with Crippen LogP contribution in [0.4, 0.5) is 11.4 Å². The third-order valence-corrected chi connectivity index (χ3v) is 3.49. The number of aryl methyl sites for hydroxylation is 1. The van der Waals surface area contributed by atoms with Gasteiger partial charge in [0.1, 0.15) is 17.2 Å². The number of phenols is 1. The van der Waals surface area contributed by atoms with E-state index in [9.17, 15) is 5.11 Å². The Hall–Kier alpha value is -2.41. The van der Waals surface area contributed by atoms with E-state index >= 15 is 0 Å². The van der Waals surface area contributed by atoms with Crippen LogP contribution in [0.25, 0.3) is 0 Å². The lowest BCUT2D eigenvalue weighted by atomic mass is 10.1. The molecule has 0 fully saturated rings. The third-order valence-electron chi connectivity index (χ3n) is 3.49. The van der Waals surface area contributed by atoms with Gasteiger partial charge in [-0.3, -0.25) is 5.41 Å². The Morgan fingerprint density at radius 3 is 2.61 bits per heavy atom. The molecule has 0 spiro atoms. The van der Waals surface area contributed by atoms with Crippen LogP contribution in [0.1, 0.15) is 19.4 Å². The van der Waals surface area contributed by atoms with Crippen molar-refractivity contribution in [1.82, 2.24) is 9.91 Å². The fraction of sp³-hybridized carbons (Fsp3) is 0.438. The molecule has 0 saturated heterocycles. The first kappa shape index (κ1) is 17.0. The van der Waals surface area contributed by atoms with E-state index in [4.69, 9.17) is 11.1 Å². The zero-order chi connectivity index (χ0) is 17.3. The van der Waals surface area contributed by atoms with E-state index in [1.54, 1.807) is 18.0 Å². The molecule has 7 heteroatoms. The van der Waals surface area contributed by atoms with Crippen molar-refractivity contribution in [2.75, 3.05) is 26.4 Å². The number of nitrogens with two attached hydrogens (primary N) is 1. The number of anilines is 1. The summed E-state index contributed by atoms with van der Waals surface area (Å²) in [5.74, 6) is 0.404. The summed E-state index contributed by atoms with van der Waals surface area (Å²) >= 11 is 0. The van der Waals surface area contributed by atoms with Crippen molar-refractivity contribution < 1.29 is 5.11 Å². The largest absolute Gasteiger partial charge is 0.508 e. The van der Waals surface area contributed by atoms with Crippen LogP contribution in [-0.2, 0) is 0 Å². The minimum atomic E-state index is 0.0752. The minimum Gasteiger partial charge on any atom is -0.508 e. The Bertz CT molecular complexity index is 690. The predicted molar refractivity (Wildman–Crippen MR) is 95.0 cm³/mol. The predicted octanol–water partition coefficient (Wildman–Crippen LogP) is 1.97. The fourth-order valence-corrected chi connectivity index (χ4v) is 2.28. The average molecular weight is 316 g/mol. The second-order valence-corrected chi connectivity index (χ2v) is 6.23. The van der Waals surface area contributed by atoms with Gasteiger partial charge in [-0.05, 0) is 46.5 Å². The second kappa shape index (κ2) is 6.37. The molecule has 124 valence electrons. The van der Waals surface area contributed by atoms with Crippen LogP contribution in [-0.4, -0.2) is 59.0 Å². The molecule has 1 aliphatic rings. The van der Waals surface area contributed by atoms with Crippen LogP contribution in [0.2, 0.25) is 0 Å². The number of nitrogens with one attached hydrogen (secondary N) is 1. The molecule has 23 heavy (non-hydrogen) atoms. The first-order chi connectivity index (χ1) is 10.7. The molecular formula is C16H24N6O. The van der Waals surface area contributed by atoms with Crippen LogP contribution in [0.15, 0.2) is 22.2 Å². The van der Waals surface area contributed by atoms with Gasteiger partial charge >= 0.3 is 0 Å². The highest BCUT2D eigenvalue weighted by molar-refractivity contribution is 6.70. The molecule has 0 aliphatic carbocycles. The quantitative estimate of drug-likeness (QED) is 0.739. The van der Waals surface area contributed by atoms with Crippen molar-refractivity contribution in [2.24, 2.45) is 10.1 Å². The first-order valence-corrected chi connectivity index (χ1v) is 7.49. The number of rotatable bonds is 4. The maximum absolute atomic E-state index is 9.71. The normalized spacial score (nSPS) is 16.8. The van der Waals surface area contributed by atoms with Gasteiger partial charge in [0.2, 0.25) is 0 Å². The number of aliphatic imine (C=N–C) groups is 1.